The molecule has 1 heterocycles. The summed E-state index contributed by atoms with van der Waals surface area (Å²) in [5.41, 5.74) is 0. The van der Waals surface area contributed by atoms with E-state index < -0.39 is 83.5 Å². The maximum absolute atomic E-state index is 13.0. The van der Waals surface area contributed by atoms with Crippen LogP contribution in [0.4, 0.5) is 0 Å². The first-order valence-corrected chi connectivity index (χ1v) is 26.3. The normalized spacial score (nSPS) is 25.4. The van der Waals surface area contributed by atoms with E-state index in [1.807, 2.05) is 12.2 Å². The third kappa shape index (κ3) is 26.9. The summed E-state index contributed by atoms with van der Waals surface area (Å²) in [5, 5.41) is 41.2. The smallest absolute Gasteiger partial charge is 0.462 e. The molecular weight excluding hydrogens is 874 g/mol. The lowest BCUT2D eigenvalue weighted by Gasteiger charge is -2.43. The molecule has 0 radical (unpaired) electrons. The van der Waals surface area contributed by atoms with Crippen LogP contribution in [0.1, 0.15) is 155 Å². The second-order valence-corrected chi connectivity index (χ2v) is 19.1. The Hall–Kier alpha value is -2.08. The highest BCUT2D eigenvalue weighted by Gasteiger charge is 2.54. The zero-order chi connectivity index (χ0) is 47.2. The fourth-order valence-corrected chi connectivity index (χ4v) is 8.53. The van der Waals surface area contributed by atoms with Gasteiger partial charge in [-0.2, -0.15) is 0 Å². The number of phosphoric acid groups is 2. The Morgan fingerprint density at radius 3 is 1.69 bits per heavy atom. The number of phosphoric ester groups is 2. The molecule has 1 aliphatic carbocycles. The van der Waals surface area contributed by atoms with Crippen LogP contribution < -0.4 is 0 Å². The molecule has 7 unspecified atom stereocenters. The van der Waals surface area contributed by atoms with Crippen LogP contribution in [-0.4, -0.2) is 115 Å². The molecule has 0 spiro atoms. The molecule has 0 aromatic rings. The minimum absolute atomic E-state index is 0.0181. The van der Waals surface area contributed by atoms with Crippen molar-refractivity contribution in [3.8, 4) is 0 Å². The van der Waals surface area contributed by atoms with E-state index in [4.69, 9.17) is 33.0 Å². The third-order valence-corrected chi connectivity index (χ3v) is 12.3. The second kappa shape index (κ2) is 33.4. The molecule has 19 heteroatoms. The fourth-order valence-electron chi connectivity index (χ4n) is 6.99. The van der Waals surface area contributed by atoms with Gasteiger partial charge in [-0.3, -0.25) is 23.2 Å². The van der Waals surface area contributed by atoms with Gasteiger partial charge in [0.25, 0.3) is 0 Å². The van der Waals surface area contributed by atoms with Crippen LogP contribution in [0.5, 0.6) is 0 Å². The second-order valence-electron chi connectivity index (χ2n) is 16.5. The van der Waals surface area contributed by atoms with Gasteiger partial charge in [-0.05, 0) is 77.0 Å². The van der Waals surface area contributed by atoms with E-state index >= 15 is 0 Å². The Morgan fingerprint density at radius 2 is 1.05 bits per heavy atom. The molecule has 7 N–H and O–H groups in total. The quantitative estimate of drug-likeness (QED) is 0.0104. The first-order chi connectivity index (χ1) is 30.6. The number of aliphatic hydroxyl groups is 4. The van der Waals surface area contributed by atoms with Gasteiger partial charge in [-0.25, -0.2) is 9.13 Å². The predicted octanol–water partition coefficient (Wildman–Crippen LogP) is 7.49. The van der Waals surface area contributed by atoms with E-state index in [9.17, 15) is 44.0 Å². The van der Waals surface area contributed by atoms with Gasteiger partial charge >= 0.3 is 27.6 Å². The van der Waals surface area contributed by atoms with Crippen molar-refractivity contribution in [2.75, 3.05) is 13.2 Å². The highest BCUT2D eigenvalue weighted by molar-refractivity contribution is 7.47. The lowest BCUT2D eigenvalue weighted by Crippen LogP contribution is -2.64. The molecule has 0 aromatic heterocycles. The van der Waals surface area contributed by atoms with E-state index in [1.165, 1.54) is 44.9 Å². The molecule has 2 aliphatic rings. The summed E-state index contributed by atoms with van der Waals surface area (Å²) in [6.07, 6.45) is 22.5. The van der Waals surface area contributed by atoms with Crippen molar-refractivity contribution in [3.63, 3.8) is 0 Å². The minimum Gasteiger partial charge on any atom is -0.462 e. The van der Waals surface area contributed by atoms with Crippen molar-refractivity contribution >= 4 is 27.6 Å². The lowest BCUT2D eigenvalue weighted by atomic mass is 9.85. The number of unbranched alkanes of at least 4 members (excludes halogenated alkanes) is 13. The Kier molecular flexibility index (Phi) is 30.3. The van der Waals surface area contributed by atoms with Crippen LogP contribution in [0.25, 0.3) is 0 Å². The molecule has 0 bridgehead atoms. The Labute approximate surface area is 380 Å². The zero-order valence-electron chi connectivity index (χ0n) is 37.9. The molecule has 1 aliphatic heterocycles. The summed E-state index contributed by atoms with van der Waals surface area (Å²) in [6.45, 7) is 2.99. The number of hydrogen-bond donors (Lipinski definition) is 7. The summed E-state index contributed by atoms with van der Waals surface area (Å²) >= 11 is 0. The van der Waals surface area contributed by atoms with E-state index in [-0.39, 0.29) is 18.9 Å². The molecule has 0 amide bonds. The highest BCUT2D eigenvalue weighted by Crippen LogP contribution is 2.49. The molecular formula is C45H78O17P2. The largest absolute Gasteiger partial charge is 0.472 e. The SMILES string of the molecule is CCCCC/C=C\CC1OC1C/C=C\C/C=C\CCCC(=O)OC[C@H](COP(=O)(O)O[C@H]1C(O)C(O)C(O)[C@@H](OP(=O)(O)O)C1O)OC(=O)CCCCCCC/C=C\CCCCCC. The Balaban J connectivity index is 1.82. The molecule has 370 valence electrons. The first-order valence-electron chi connectivity index (χ1n) is 23.3. The van der Waals surface area contributed by atoms with E-state index in [0.717, 1.165) is 64.2 Å². The van der Waals surface area contributed by atoms with Gasteiger partial charge in [0.2, 0.25) is 0 Å². The van der Waals surface area contributed by atoms with Gasteiger partial charge in [0, 0.05) is 12.8 Å². The van der Waals surface area contributed by atoms with Crippen molar-refractivity contribution in [2.45, 2.75) is 210 Å². The summed E-state index contributed by atoms with van der Waals surface area (Å²) in [4.78, 5) is 54.2. The van der Waals surface area contributed by atoms with Gasteiger partial charge < -0.3 is 49.3 Å². The van der Waals surface area contributed by atoms with E-state index in [2.05, 4.69) is 54.8 Å². The maximum atomic E-state index is 13.0. The van der Waals surface area contributed by atoms with Crippen LogP contribution in [0, 0.1) is 0 Å². The van der Waals surface area contributed by atoms with Crippen LogP contribution in [0.15, 0.2) is 48.6 Å². The van der Waals surface area contributed by atoms with Crippen LogP contribution >= 0.6 is 15.6 Å². The van der Waals surface area contributed by atoms with Gasteiger partial charge in [0.05, 0.1) is 18.8 Å². The average Bonchev–Trinajstić information content (AvgIpc) is 4.01. The molecule has 17 nitrogen and oxygen atoms in total. The van der Waals surface area contributed by atoms with Gasteiger partial charge in [0.1, 0.15) is 43.2 Å². The number of epoxide rings is 1. The number of aliphatic hydroxyl groups excluding tert-OH is 4. The minimum atomic E-state index is -5.37. The van der Waals surface area contributed by atoms with Crippen LogP contribution in [0.2, 0.25) is 0 Å². The number of ether oxygens (including phenoxy) is 3. The monoisotopic (exact) mass is 952 g/mol. The summed E-state index contributed by atoms with van der Waals surface area (Å²) in [6, 6.07) is 0. The molecule has 0 aromatic carbocycles. The molecule has 1 saturated heterocycles. The van der Waals surface area contributed by atoms with Crippen molar-refractivity contribution in [1.82, 2.24) is 0 Å². The van der Waals surface area contributed by atoms with Crippen molar-refractivity contribution in [3.05, 3.63) is 48.6 Å². The van der Waals surface area contributed by atoms with Crippen molar-refractivity contribution < 1.29 is 81.6 Å². The van der Waals surface area contributed by atoms with Crippen molar-refractivity contribution in [2.24, 2.45) is 0 Å². The predicted molar refractivity (Wildman–Crippen MR) is 241 cm³/mol. The summed E-state index contributed by atoms with van der Waals surface area (Å²) in [5.74, 6) is -1.29. The number of rotatable bonds is 37. The van der Waals surface area contributed by atoms with Crippen LogP contribution in [-0.2, 0) is 46.5 Å². The average molecular weight is 953 g/mol. The highest BCUT2D eigenvalue weighted by atomic mass is 31.2. The van der Waals surface area contributed by atoms with E-state index in [0.29, 0.717) is 25.4 Å². The summed E-state index contributed by atoms with van der Waals surface area (Å²) in [7, 11) is -10.7. The topological polar surface area (TPSA) is 269 Å². The number of carbonyl (C=O) groups is 2. The summed E-state index contributed by atoms with van der Waals surface area (Å²) < 4.78 is 55.0. The molecule has 64 heavy (non-hydrogen) atoms. The van der Waals surface area contributed by atoms with Crippen LogP contribution in [0.3, 0.4) is 0 Å². The maximum Gasteiger partial charge on any atom is 0.472 e. The third-order valence-electron chi connectivity index (χ3n) is 10.8. The molecule has 2 rings (SSSR count). The molecule has 10 atom stereocenters. The number of carbonyl (C=O) groups excluding carboxylic acids is 2. The Morgan fingerprint density at radius 1 is 0.562 bits per heavy atom. The molecule has 1 saturated carbocycles. The standard InChI is InChI=1S/C45H78O17P2/c1-3-5-7-9-11-12-13-14-15-16-19-24-28-32-39(47)59-35(34-58-64(55,56)62-45-42(50)40(48)41(49)44(43(45)51)61-63(52,53)54)33-57-38(46)31-27-23-20-17-18-22-26-30-37-36(60-37)29-25-21-10-8-6-4-2/h12-13,17,20-22,25-26,35-37,40-45,48-51H,3-11,14-16,18-19,23-24,27-34H2,1-2H3,(H,55,56)(H2,52,53,54)/b13-12-,20-17-,25-21-,26-22-/t35-,36?,37?,40?,41?,42?,43?,44-,45+/m1/s1. The fraction of sp³-hybridized carbons (Fsp3) is 0.778. The molecule has 2 fully saturated rings. The lowest BCUT2D eigenvalue weighted by molar-refractivity contribution is -0.216. The van der Waals surface area contributed by atoms with Gasteiger partial charge in [-0.15, -0.1) is 0 Å². The van der Waals surface area contributed by atoms with Crippen molar-refractivity contribution in [1.29, 1.82) is 0 Å². The first kappa shape index (κ1) is 58.0. The number of esters is 2. The van der Waals surface area contributed by atoms with Gasteiger partial charge in [-0.1, -0.05) is 114 Å². The number of hydrogen-bond acceptors (Lipinski definition) is 14. The van der Waals surface area contributed by atoms with Gasteiger partial charge in [0.15, 0.2) is 6.10 Å². The zero-order valence-corrected chi connectivity index (χ0v) is 39.7. The van der Waals surface area contributed by atoms with E-state index in [1.54, 1.807) is 0 Å². The number of allylic oxidation sites excluding steroid dienone is 6. The Bertz CT molecular complexity index is 1500.